The van der Waals surface area contributed by atoms with Crippen LogP contribution in [0, 0.1) is 12.8 Å². The van der Waals surface area contributed by atoms with Crippen molar-refractivity contribution in [2.45, 2.75) is 77.8 Å². The van der Waals surface area contributed by atoms with Gasteiger partial charge in [0.15, 0.2) is 14.0 Å². The first kappa shape index (κ1) is 28.2. The third-order valence-corrected chi connectivity index (χ3v) is 12.3. The van der Waals surface area contributed by atoms with Crippen LogP contribution in [0.5, 0.6) is 0 Å². The summed E-state index contributed by atoms with van der Waals surface area (Å²) < 4.78 is 20.2. The zero-order valence-electron chi connectivity index (χ0n) is 23.9. The van der Waals surface area contributed by atoms with E-state index in [1.54, 1.807) is 4.52 Å². The van der Waals surface area contributed by atoms with Crippen molar-refractivity contribution in [2.24, 2.45) is 5.92 Å². The van der Waals surface area contributed by atoms with Crippen LogP contribution in [0.1, 0.15) is 58.0 Å². The van der Waals surface area contributed by atoms with Crippen LogP contribution < -0.4 is 4.90 Å². The van der Waals surface area contributed by atoms with E-state index >= 15 is 0 Å². The summed E-state index contributed by atoms with van der Waals surface area (Å²) in [6, 6.07) is 10.0. The molecule has 10 heteroatoms. The van der Waals surface area contributed by atoms with Gasteiger partial charge in [0.1, 0.15) is 5.82 Å². The lowest BCUT2D eigenvalue weighted by molar-refractivity contribution is -0.144. The van der Waals surface area contributed by atoms with Gasteiger partial charge in [0.05, 0.1) is 38.0 Å². The molecule has 0 bridgehead atoms. The van der Waals surface area contributed by atoms with Gasteiger partial charge in [-0.15, -0.1) is 0 Å². The van der Waals surface area contributed by atoms with E-state index in [1.807, 2.05) is 62.3 Å². The fourth-order valence-electron chi connectivity index (χ4n) is 4.53. The number of aromatic nitrogens is 4. The number of esters is 1. The molecule has 0 amide bonds. The van der Waals surface area contributed by atoms with Gasteiger partial charge in [-0.1, -0.05) is 39.0 Å². The van der Waals surface area contributed by atoms with E-state index in [0.717, 1.165) is 11.3 Å². The minimum atomic E-state index is -1.99. The maximum atomic E-state index is 12.5. The number of benzene rings is 1. The molecule has 9 nitrogen and oxygen atoms in total. The highest BCUT2D eigenvalue weighted by Crippen LogP contribution is 2.42. The van der Waals surface area contributed by atoms with Gasteiger partial charge in [-0.3, -0.25) is 4.79 Å². The Balaban J connectivity index is 1.63. The van der Waals surface area contributed by atoms with Gasteiger partial charge < -0.3 is 18.8 Å². The molecule has 206 valence electrons. The molecule has 1 aromatic carbocycles. The van der Waals surface area contributed by atoms with Gasteiger partial charge in [-0.2, -0.15) is 14.6 Å². The van der Waals surface area contributed by atoms with Crippen LogP contribution in [-0.2, 0) is 18.7 Å². The summed E-state index contributed by atoms with van der Waals surface area (Å²) in [5.74, 6) is 1.09. The zero-order chi connectivity index (χ0) is 27.7. The molecule has 1 fully saturated rings. The van der Waals surface area contributed by atoms with Crippen LogP contribution in [0.15, 0.2) is 36.5 Å². The highest BCUT2D eigenvalue weighted by Gasteiger charge is 2.43. The lowest BCUT2D eigenvalue weighted by atomic mass is 9.94. The average molecular weight is 540 g/mol. The highest BCUT2D eigenvalue weighted by atomic mass is 28.4. The molecule has 1 aliphatic rings. The number of hydrogen-bond donors (Lipinski definition) is 0. The average Bonchev–Trinajstić information content (AvgIpc) is 3.45. The maximum absolute atomic E-state index is 12.5. The number of aryl methyl sites for hydroxylation is 1. The molecule has 0 unspecified atom stereocenters. The first-order chi connectivity index (χ1) is 17.9. The molecule has 38 heavy (non-hydrogen) atoms. The number of hydrogen-bond acceptors (Lipinski definition) is 8. The summed E-state index contributed by atoms with van der Waals surface area (Å²) in [6.07, 6.45) is 2.30. The van der Waals surface area contributed by atoms with E-state index < -0.39 is 8.32 Å². The van der Waals surface area contributed by atoms with Gasteiger partial charge in [0, 0.05) is 24.2 Å². The number of fused-ring (bicyclic) bond motifs is 1. The van der Waals surface area contributed by atoms with Gasteiger partial charge >= 0.3 is 5.97 Å². The van der Waals surface area contributed by atoms with E-state index in [0.29, 0.717) is 43.5 Å². The fraction of sp³-hybridized carbons (Fsp3) is 0.571. The smallest absolute Gasteiger partial charge is 0.306 e. The Kier molecular flexibility index (Phi) is 8.25. The molecule has 2 aromatic heterocycles. The lowest BCUT2D eigenvalue weighted by Gasteiger charge is -2.37. The van der Waals surface area contributed by atoms with Crippen LogP contribution in [0.3, 0.4) is 0 Å². The molecule has 0 N–H and O–H groups in total. The Morgan fingerprint density at radius 3 is 2.58 bits per heavy atom. The predicted octanol–water partition coefficient (Wildman–Crippen LogP) is 5.62. The Morgan fingerprint density at radius 1 is 1.21 bits per heavy atom. The van der Waals surface area contributed by atoms with Crippen molar-refractivity contribution < 1.29 is 18.7 Å². The SMILES string of the molecule is CCOC(=O)C[C@@H]1C[C@H](c2cnn3c(N(C)c4ccccc4)nc(C)nc23)O[C@@H]1CO[Si](C)(C)C(C)(C)C. The van der Waals surface area contributed by atoms with Crippen LogP contribution in [0.2, 0.25) is 18.1 Å². The summed E-state index contributed by atoms with van der Waals surface area (Å²) in [5.41, 5.74) is 2.60. The third-order valence-electron chi connectivity index (χ3n) is 7.81. The summed E-state index contributed by atoms with van der Waals surface area (Å²) in [4.78, 5) is 23.9. The van der Waals surface area contributed by atoms with Crippen LogP contribution in [0.4, 0.5) is 11.6 Å². The number of para-hydroxylation sites is 1. The Hall–Kier alpha value is -2.82. The molecule has 1 saturated heterocycles. The summed E-state index contributed by atoms with van der Waals surface area (Å²) in [7, 11) is -0.0218. The largest absolute Gasteiger partial charge is 0.466 e. The first-order valence-electron chi connectivity index (χ1n) is 13.4. The number of carbonyl (C=O) groups excluding carboxylic acids is 1. The molecule has 1 aliphatic heterocycles. The van der Waals surface area contributed by atoms with Crippen LogP contribution in [0.25, 0.3) is 5.65 Å². The molecule has 0 spiro atoms. The first-order valence-corrected chi connectivity index (χ1v) is 16.3. The van der Waals surface area contributed by atoms with Crippen molar-refractivity contribution in [1.82, 2.24) is 19.6 Å². The molecular formula is C28H41N5O4Si. The van der Waals surface area contributed by atoms with Crippen molar-refractivity contribution in [1.29, 1.82) is 0 Å². The van der Waals surface area contributed by atoms with E-state index in [4.69, 9.17) is 18.9 Å². The Labute approximate surface area is 226 Å². The Bertz CT molecular complexity index is 1260. The van der Waals surface area contributed by atoms with Crippen LogP contribution >= 0.6 is 0 Å². The monoisotopic (exact) mass is 539 g/mol. The summed E-state index contributed by atoms with van der Waals surface area (Å²) in [5, 5.41) is 4.75. The normalized spacial score (nSPS) is 20.2. The molecule has 3 heterocycles. The lowest BCUT2D eigenvalue weighted by Crippen LogP contribution is -2.43. The van der Waals surface area contributed by atoms with Crippen LogP contribution in [-0.4, -0.2) is 60.2 Å². The Morgan fingerprint density at radius 2 is 1.92 bits per heavy atom. The zero-order valence-corrected chi connectivity index (χ0v) is 24.9. The number of nitrogens with zero attached hydrogens (tertiary/aromatic N) is 5. The molecule has 0 saturated carbocycles. The van der Waals surface area contributed by atoms with Crippen molar-refractivity contribution in [3.05, 3.63) is 47.9 Å². The summed E-state index contributed by atoms with van der Waals surface area (Å²) in [6.45, 7) is 15.7. The van der Waals surface area contributed by atoms with E-state index in [-0.39, 0.29) is 29.1 Å². The van der Waals surface area contributed by atoms with E-state index in [1.165, 1.54) is 0 Å². The molecular weight excluding hydrogens is 498 g/mol. The number of rotatable bonds is 9. The number of ether oxygens (including phenoxy) is 2. The molecule has 4 rings (SSSR count). The van der Waals surface area contributed by atoms with Crippen molar-refractivity contribution in [3.63, 3.8) is 0 Å². The maximum Gasteiger partial charge on any atom is 0.306 e. The second kappa shape index (κ2) is 11.1. The number of anilines is 2. The van der Waals surface area contributed by atoms with Crippen molar-refractivity contribution >= 4 is 31.6 Å². The number of carbonyl (C=O) groups is 1. The van der Waals surface area contributed by atoms with E-state index in [9.17, 15) is 4.79 Å². The molecule has 0 radical (unpaired) electrons. The van der Waals surface area contributed by atoms with Gasteiger partial charge in [-0.05, 0) is 50.5 Å². The van der Waals surface area contributed by atoms with E-state index in [2.05, 4.69) is 43.9 Å². The van der Waals surface area contributed by atoms with Crippen molar-refractivity contribution in [2.75, 3.05) is 25.2 Å². The van der Waals surface area contributed by atoms with Gasteiger partial charge in [-0.25, -0.2) is 4.98 Å². The quantitative estimate of drug-likeness (QED) is 0.256. The molecule has 3 aromatic rings. The third kappa shape index (κ3) is 5.92. The topological polar surface area (TPSA) is 91.1 Å². The fourth-order valence-corrected chi connectivity index (χ4v) is 5.54. The predicted molar refractivity (Wildman–Crippen MR) is 150 cm³/mol. The molecule has 0 aliphatic carbocycles. The summed E-state index contributed by atoms with van der Waals surface area (Å²) >= 11 is 0. The second-order valence-corrected chi connectivity index (χ2v) is 16.3. The minimum absolute atomic E-state index is 0.0202. The molecule has 3 atom stereocenters. The van der Waals surface area contributed by atoms with Crippen molar-refractivity contribution in [3.8, 4) is 0 Å². The second-order valence-electron chi connectivity index (χ2n) is 11.5. The van der Waals surface area contributed by atoms with Gasteiger partial charge in [0.2, 0.25) is 5.95 Å². The minimum Gasteiger partial charge on any atom is -0.466 e. The highest BCUT2D eigenvalue weighted by molar-refractivity contribution is 6.74. The standard InChI is InChI=1S/C28H41N5O4Si/c1-9-35-25(34)16-20-15-23(37-24(20)18-36-38(7,8)28(3,4)5)22-17-29-33-26(22)30-19(2)31-27(33)32(6)21-13-11-10-12-14-21/h10-14,17,20,23-24H,9,15-16,18H2,1-8H3/t20-,23+,24+/m0/s1. The van der Waals surface area contributed by atoms with Gasteiger partial charge in [0.25, 0.3) is 0 Å².